The largest absolute Gasteiger partial charge is 0.366 e. The van der Waals surface area contributed by atoms with E-state index in [-0.39, 0.29) is 17.9 Å². The lowest BCUT2D eigenvalue weighted by Gasteiger charge is -2.30. The Balaban J connectivity index is 1.73. The van der Waals surface area contributed by atoms with Crippen molar-refractivity contribution in [3.05, 3.63) is 28.1 Å². The summed E-state index contributed by atoms with van der Waals surface area (Å²) >= 11 is 1.55. The molecule has 2 fully saturated rings. The Kier molecular flexibility index (Phi) is 3.97. The highest BCUT2D eigenvalue weighted by Crippen LogP contribution is 2.38. The first-order valence-electron chi connectivity index (χ1n) is 8.68. The minimum Gasteiger partial charge on any atom is -0.366 e. The van der Waals surface area contributed by atoms with E-state index in [1.807, 2.05) is 17.5 Å². The zero-order chi connectivity index (χ0) is 15.8. The molecule has 1 aromatic heterocycles. The van der Waals surface area contributed by atoms with Gasteiger partial charge in [0.25, 0.3) is 11.8 Å². The third-order valence-electron chi connectivity index (χ3n) is 5.22. The maximum atomic E-state index is 13.1. The van der Waals surface area contributed by atoms with Crippen molar-refractivity contribution < 1.29 is 9.59 Å². The van der Waals surface area contributed by atoms with E-state index in [9.17, 15) is 9.59 Å². The summed E-state index contributed by atoms with van der Waals surface area (Å²) in [5, 5.41) is 1.98. The van der Waals surface area contributed by atoms with Gasteiger partial charge in [-0.15, -0.1) is 11.3 Å². The van der Waals surface area contributed by atoms with Crippen LogP contribution in [0.25, 0.3) is 5.57 Å². The zero-order valence-electron chi connectivity index (χ0n) is 13.3. The number of hydrogen-bond donors (Lipinski definition) is 0. The highest BCUT2D eigenvalue weighted by atomic mass is 32.1. The van der Waals surface area contributed by atoms with Crippen LogP contribution in [0, 0.1) is 0 Å². The Morgan fingerprint density at radius 2 is 1.70 bits per heavy atom. The van der Waals surface area contributed by atoms with Gasteiger partial charge in [0.2, 0.25) is 0 Å². The molecule has 1 saturated carbocycles. The molecule has 4 nitrogen and oxygen atoms in total. The molecule has 1 aromatic rings. The summed E-state index contributed by atoms with van der Waals surface area (Å²) in [6.07, 6.45) is 7.59. The molecule has 1 saturated heterocycles. The third kappa shape index (κ3) is 2.51. The first-order valence-corrected chi connectivity index (χ1v) is 9.56. The Morgan fingerprint density at radius 1 is 0.957 bits per heavy atom. The van der Waals surface area contributed by atoms with E-state index in [0.717, 1.165) is 56.5 Å². The Bertz CT molecular complexity index is 638. The van der Waals surface area contributed by atoms with E-state index >= 15 is 0 Å². The fraction of sp³-hybridized carbons (Fsp3) is 0.556. The zero-order valence-corrected chi connectivity index (χ0v) is 14.1. The molecule has 0 aromatic carbocycles. The number of rotatable bonds is 3. The van der Waals surface area contributed by atoms with Crippen molar-refractivity contribution in [3.63, 3.8) is 0 Å². The van der Waals surface area contributed by atoms with E-state index in [2.05, 4.69) is 4.90 Å². The molecule has 5 heteroatoms. The molecule has 0 radical (unpaired) electrons. The average molecular weight is 330 g/mol. The molecule has 3 heterocycles. The summed E-state index contributed by atoms with van der Waals surface area (Å²) in [6, 6.07) is 4.01. The number of likely N-dealkylation sites (tertiary alicyclic amines) is 1. The second-order valence-corrected chi connectivity index (χ2v) is 7.61. The predicted octanol–water partition coefficient (Wildman–Crippen LogP) is 3.26. The molecule has 23 heavy (non-hydrogen) atoms. The van der Waals surface area contributed by atoms with Gasteiger partial charge in [-0.25, -0.2) is 0 Å². The fourth-order valence-corrected chi connectivity index (χ4v) is 4.85. The molecule has 0 unspecified atom stereocenters. The van der Waals surface area contributed by atoms with Crippen molar-refractivity contribution in [2.45, 2.75) is 51.0 Å². The van der Waals surface area contributed by atoms with Crippen LogP contribution < -0.4 is 0 Å². The quantitative estimate of drug-likeness (QED) is 0.799. The number of carbonyl (C=O) groups excluding carboxylic acids is 2. The number of thiophene rings is 1. The van der Waals surface area contributed by atoms with Gasteiger partial charge in [0.05, 0.1) is 5.57 Å². The molecule has 1 aliphatic carbocycles. The van der Waals surface area contributed by atoms with E-state index < -0.39 is 0 Å². The molecule has 2 amide bonds. The first kappa shape index (κ1) is 14.9. The molecule has 0 N–H and O–H groups in total. The van der Waals surface area contributed by atoms with E-state index in [4.69, 9.17) is 0 Å². The van der Waals surface area contributed by atoms with Crippen LogP contribution in [0.2, 0.25) is 0 Å². The molecular weight excluding hydrogens is 308 g/mol. The monoisotopic (exact) mass is 330 g/mol. The number of imide groups is 1. The van der Waals surface area contributed by atoms with Crippen molar-refractivity contribution in [1.82, 2.24) is 9.80 Å². The van der Waals surface area contributed by atoms with E-state index in [1.54, 1.807) is 16.2 Å². The summed E-state index contributed by atoms with van der Waals surface area (Å²) in [5.74, 6) is -0.113. The van der Waals surface area contributed by atoms with Crippen molar-refractivity contribution >= 4 is 28.7 Å². The van der Waals surface area contributed by atoms with Crippen molar-refractivity contribution in [1.29, 1.82) is 0 Å². The topological polar surface area (TPSA) is 40.6 Å². The molecule has 3 aliphatic rings. The maximum Gasteiger partial charge on any atom is 0.278 e. The maximum absolute atomic E-state index is 13.1. The van der Waals surface area contributed by atoms with Crippen LogP contribution in [0.1, 0.15) is 49.8 Å². The van der Waals surface area contributed by atoms with Crippen LogP contribution in [-0.2, 0) is 9.59 Å². The van der Waals surface area contributed by atoms with Gasteiger partial charge in [0.15, 0.2) is 0 Å². The highest BCUT2D eigenvalue weighted by molar-refractivity contribution is 7.11. The summed E-state index contributed by atoms with van der Waals surface area (Å²) in [4.78, 5) is 30.9. The molecular formula is C18H22N2O2S. The normalized spacial score (nSPS) is 23.5. The Hall–Kier alpha value is -1.62. The van der Waals surface area contributed by atoms with Crippen LogP contribution >= 0.6 is 11.3 Å². The molecule has 0 atom stereocenters. The lowest BCUT2D eigenvalue weighted by Crippen LogP contribution is -2.43. The van der Waals surface area contributed by atoms with Crippen LogP contribution in [-0.4, -0.2) is 40.7 Å². The minimum atomic E-state index is -0.0637. The second-order valence-electron chi connectivity index (χ2n) is 6.67. The molecule has 122 valence electrons. The van der Waals surface area contributed by atoms with Crippen molar-refractivity contribution in [2.24, 2.45) is 0 Å². The van der Waals surface area contributed by atoms with Crippen LogP contribution in [0.3, 0.4) is 0 Å². The summed E-state index contributed by atoms with van der Waals surface area (Å²) in [5.41, 5.74) is 1.32. The highest BCUT2D eigenvalue weighted by Gasteiger charge is 2.45. The smallest absolute Gasteiger partial charge is 0.278 e. The van der Waals surface area contributed by atoms with Crippen molar-refractivity contribution in [3.8, 4) is 0 Å². The predicted molar refractivity (Wildman–Crippen MR) is 90.8 cm³/mol. The molecule has 0 spiro atoms. The summed E-state index contributed by atoms with van der Waals surface area (Å²) in [6.45, 7) is 1.78. The van der Waals surface area contributed by atoms with Gasteiger partial charge in [-0.05, 0) is 37.1 Å². The number of amides is 2. The van der Waals surface area contributed by atoms with Crippen molar-refractivity contribution in [2.75, 3.05) is 13.1 Å². The average Bonchev–Trinajstić information content (AvgIpc) is 3.29. The minimum absolute atomic E-state index is 0.0489. The Morgan fingerprint density at radius 3 is 2.35 bits per heavy atom. The lowest BCUT2D eigenvalue weighted by molar-refractivity contribution is -0.140. The molecule has 0 bridgehead atoms. The summed E-state index contributed by atoms with van der Waals surface area (Å²) in [7, 11) is 0. The molecule has 2 aliphatic heterocycles. The molecule has 4 rings (SSSR count). The lowest BCUT2D eigenvalue weighted by atomic mass is 9.94. The Labute approximate surface area is 140 Å². The SMILES string of the molecule is O=C1C(c2cccs2)=C(N2CCCC2)C(=O)N1C1CCCCC1. The standard InChI is InChI=1S/C18H22N2O2S/c21-17-15(14-9-6-12-23-14)16(19-10-4-5-11-19)18(22)20(17)13-7-2-1-3-8-13/h6,9,12-13H,1-5,7-8,10-11H2. The second kappa shape index (κ2) is 6.11. The number of nitrogens with zero attached hydrogens (tertiary/aromatic N) is 2. The summed E-state index contributed by atoms with van der Waals surface area (Å²) < 4.78 is 0. The number of hydrogen-bond acceptors (Lipinski definition) is 4. The van der Waals surface area contributed by atoms with Crippen LogP contribution in [0.5, 0.6) is 0 Å². The third-order valence-corrected chi connectivity index (χ3v) is 6.11. The number of carbonyl (C=O) groups is 2. The van der Waals surface area contributed by atoms with Crippen LogP contribution in [0.4, 0.5) is 0 Å². The van der Waals surface area contributed by atoms with Crippen LogP contribution in [0.15, 0.2) is 23.2 Å². The van der Waals surface area contributed by atoms with Gasteiger partial charge >= 0.3 is 0 Å². The van der Waals surface area contributed by atoms with Gasteiger partial charge in [0, 0.05) is 24.0 Å². The van der Waals surface area contributed by atoms with Gasteiger partial charge in [0.1, 0.15) is 5.70 Å². The first-order chi connectivity index (χ1) is 11.3. The van der Waals surface area contributed by atoms with Gasteiger partial charge in [-0.3, -0.25) is 14.5 Å². The fourth-order valence-electron chi connectivity index (χ4n) is 4.08. The van der Waals surface area contributed by atoms with E-state index in [1.165, 1.54) is 6.42 Å². The van der Waals surface area contributed by atoms with Gasteiger partial charge in [-0.1, -0.05) is 25.3 Å². The van der Waals surface area contributed by atoms with E-state index in [0.29, 0.717) is 11.3 Å². The van der Waals surface area contributed by atoms with Gasteiger partial charge < -0.3 is 4.90 Å². The van der Waals surface area contributed by atoms with Gasteiger partial charge in [-0.2, -0.15) is 0 Å².